The molecule has 4 nitrogen and oxygen atoms in total. The van der Waals surface area contributed by atoms with E-state index in [2.05, 4.69) is 16.5 Å². The topological polar surface area (TPSA) is 55.1 Å². The van der Waals surface area contributed by atoms with Crippen LogP contribution < -0.4 is 5.32 Å². The van der Waals surface area contributed by atoms with Gasteiger partial charge >= 0.3 is 0 Å². The second kappa shape index (κ2) is 7.43. The van der Waals surface area contributed by atoms with Crippen molar-refractivity contribution in [2.45, 2.75) is 6.54 Å². The van der Waals surface area contributed by atoms with Gasteiger partial charge in [0.2, 0.25) is 0 Å². The Kier molecular flexibility index (Phi) is 4.84. The monoisotopic (exact) mass is 396 g/mol. The fourth-order valence-electron chi connectivity index (χ4n) is 2.81. The van der Waals surface area contributed by atoms with E-state index >= 15 is 0 Å². The lowest BCUT2D eigenvalue weighted by Crippen LogP contribution is -2.23. The fourth-order valence-corrected chi connectivity index (χ4v) is 3.19. The summed E-state index contributed by atoms with van der Waals surface area (Å²) in [6, 6.07) is 20.7. The molecule has 0 aliphatic heterocycles. The molecule has 0 saturated heterocycles. The molecule has 0 aliphatic rings. The van der Waals surface area contributed by atoms with Crippen LogP contribution in [0.4, 0.5) is 0 Å². The van der Waals surface area contributed by atoms with Crippen LogP contribution in [0, 0.1) is 0 Å². The summed E-state index contributed by atoms with van der Waals surface area (Å²) in [4.78, 5) is 12.3. The predicted octanol–water partition coefficient (Wildman–Crippen LogP) is 5.73. The number of fused-ring (bicyclic) bond motifs is 1. The van der Waals surface area contributed by atoms with E-state index in [1.165, 1.54) is 6.07 Å². The lowest BCUT2D eigenvalue weighted by Gasteiger charge is -2.05. The molecule has 4 aromatic rings. The average Bonchev–Trinajstić information content (AvgIpc) is 3.16. The van der Waals surface area contributed by atoms with Crippen molar-refractivity contribution >= 4 is 39.9 Å². The van der Waals surface area contributed by atoms with Crippen LogP contribution in [0.3, 0.4) is 0 Å². The van der Waals surface area contributed by atoms with Gasteiger partial charge in [0.1, 0.15) is 5.69 Å². The van der Waals surface area contributed by atoms with Crippen LogP contribution in [0.2, 0.25) is 10.0 Å². The molecule has 0 spiro atoms. The molecule has 1 amide bonds. The first-order valence-corrected chi connectivity index (χ1v) is 9.04. The number of halogens is 2. The van der Waals surface area contributed by atoms with E-state index in [0.29, 0.717) is 27.1 Å². The molecule has 1 heterocycles. The number of benzene rings is 3. The first kappa shape index (κ1) is 17.6. The van der Waals surface area contributed by atoms with Crippen LogP contribution in [-0.4, -0.2) is 11.1 Å². The van der Waals surface area contributed by atoms with Crippen LogP contribution in [0.5, 0.6) is 0 Å². The molecule has 0 unspecified atom stereocenters. The maximum Gasteiger partial charge on any atom is 0.253 e. The second-order valence-corrected chi connectivity index (χ2v) is 6.89. The number of hydrogen-bond donors (Lipinski definition) is 1. The van der Waals surface area contributed by atoms with E-state index < -0.39 is 0 Å². The molecule has 1 N–H and O–H groups in total. The number of nitrogens with one attached hydrogen (secondary N) is 1. The Bertz CT molecular complexity index is 1140. The third-order valence-corrected chi connectivity index (χ3v) is 4.76. The Morgan fingerprint density at radius 2 is 1.78 bits per heavy atom. The van der Waals surface area contributed by atoms with Gasteiger partial charge in [0, 0.05) is 16.7 Å². The van der Waals surface area contributed by atoms with Crippen molar-refractivity contribution in [3.8, 4) is 11.3 Å². The number of carbonyl (C=O) groups excluding carboxylic acids is 1. The molecule has 27 heavy (non-hydrogen) atoms. The van der Waals surface area contributed by atoms with Gasteiger partial charge < -0.3 is 9.84 Å². The number of hydrogen-bond acceptors (Lipinski definition) is 3. The van der Waals surface area contributed by atoms with Gasteiger partial charge in [0.25, 0.3) is 5.91 Å². The van der Waals surface area contributed by atoms with Gasteiger partial charge in [0.05, 0.1) is 17.1 Å². The van der Waals surface area contributed by atoms with Crippen LogP contribution in [-0.2, 0) is 6.54 Å². The van der Waals surface area contributed by atoms with Gasteiger partial charge in [-0.1, -0.05) is 64.8 Å². The van der Waals surface area contributed by atoms with Crippen LogP contribution in [0.1, 0.15) is 16.1 Å². The van der Waals surface area contributed by atoms with Gasteiger partial charge in [0.15, 0.2) is 5.76 Å². The molecule has 3 aromatic carbocycles. The van der Waals surface area contributed by atoms with Gasteiger partial charge in [-0.3, -0.25) is 4.79 Å². The van der Waals surface area contributed by atoms with E-state index in [4.69, 9.17) is 27.7 Å². The highest BCUT2D eigenvalue weighted by molar-refractivity contribution is 6.35. The van der Waals surface area contributed by atoms with E-state index in [0.717, 1.165) is 16.3 Å². The molecule has 4 rings (SSSR count). The molecule has 0 radical (unpaired) electrons. The molecule has 0 atom stereocenters. The normalized spacial score (nSPS) is 10.9. The summed E-state index contributed by atoms with van der Waals surface area (Å²) < 4.78 is 5.43. The minimum atomic E-state index is -0.322. The summed E-state index contributed by atoms with van der Waals surface area (Å²) in [5.41, 5.74) is 1.86. The minimum absolute atomic E-state index is 0.221. The summed E-state index contributed by atoms with van der Waals surface area (Å²) in [7, 11) is 0. The van der Waals surface area contributed by atoms with Gasteiger partial charge in [-0.15, -0.1) is 0 Å². The standard InChI is InChI=1S/C21H14Cl2N2O2/c22-16-7-8-19(23)18(10-16)21(26)24-12-17-11-20(27-25-17)15-6-5-13-3-1-2-4-14(13)9-15/h1-11H,12H2,(H,24,26). The molecular formula is C21H14Cl2N2O2. The van der Waals surface area contributed by atoms with E-state index in [1.54, 1.807) is 12.1 Å². The minimum Gasteiger partial charge on any atom is -0.356 e. The van der Waals surface area contributed by atoms with Crippen molar-refractivity contribution < 1.29 is 9.32 Å². The quantitative estimate of drug-likeness (QED) is 0.478. The first-order chi connectivity index (χ1) is 13.1. The average molecular weight is 397 g/mol. The Morgan fingerprint density at radius 3 is 2.63 bits per heavy atom. The largest absolute Gasteiger partial charge is 0.356 e. The molecule has 1 aromatic heterocycles. The van der Waals surface area contributed by atoms with E-state index in [-0.39, 0.29) is 12.5 Å². The van der Waals surface area contributed by atoms with Crippen molar-refractivity contribution in [2.75, 3.05) is 0 Å². The van der Waals surface area contributed by atoms with Gasteiger partial charge in [-0.25, -0.2) is 0 Å². The summed E-state index contributed by atoms with van der Waals surface area (Å²) in [6.07, 6.45) is 0. The van der Waals surface area contributed by atoms with Crippen molar-refractivity contribution in [1.29, 1.82) is 0 Å². The predicted molar refractivity (Wildman–Crippen MR) is 107 cm³/mol. The smallest absolute Gasteiger partial charge is 0.253 e. The Labute approximate surface area is 165 Å². The summed E-state index contributed by atoms with van der Waals surface area (Å²) in [5.74, 6) is 0.323. The molecular weight excluding hydrogens is 383 g/mol. The molecule has 0 bridgehead atoms. The molecule has 0 fully saturated rings. The highest BCUT2D eigenvalue weighted by Crippen LogP contribution is 2.25. The highest BCUT2D eigenvalue weighted by Gasteiger charge is 2.13. The third kappa shape index (κ3) is 3.82. The lowest BCUT2D eigenvalue weighted by molar-refractivity contribution is 0.0950. The number of carbonyl (C=O) groups is 1. The van der Waals surface area contributed by atoms with Crippen LogP contribution in [0.25, 0.3) is 22.1 Å². The van der Waals surface area contributed by atoms with Crippen LogP contribution in [0.15, 0.2) is 71.3 Å². The Hall–Kier alpha value is -2.82. The van der Waals surface area contributed by atoms with E-state index in [1.807, 2.05) is 42.5 Å². The number of aromatic nitrogens is 1. The number of amides is 1. The van der Waals surface area contributed by atoms with E-state index in [9.17, 15) is 4.79 Å². The molecule has 134 valence electrons. The summed E-state index contributed by atoms with van der Waals surface area (Å²) in [5, 5.41) is 9.87. The summed E-state index contributed by atoms with van der Waals surface area (Å²) in [6.45, 7) is 0.221. The third-order valence-electron chi connectivity index (χ3n) is 4.20. The molecule has 0 aliphatic carbocycles. The van der Waals surface area contributed by atoms with Gasteiger partial charge in [-0.05, 0) is 35.0 Å². The van der Waals surface area contributed by atoms with Crippen molar-refractivity contribution in [3.63, 3.8) is 0 Å². The zero-order chi connectivity index (χ0) is 18.8. The SMILES string of the molecule is O=C(NCc1cc(-c2ccc3ccccc3c2)on1)c1cc(Cl)ccc1Cl. The molecule has 0 saturated carbocycles. The second-order valence-electron chi connectivity index (χ2n) is 6.05. The Balaban J connectivity index is 1.49. The van der Waals surface area contributed by atoms with Crippen LogP contribution >= 0.6 is 23.2 Å². The van der Waals surface area contributed by atoms with Gasteiger partial charge in [-0.2, -0.15) is 0 Å². The maximum atomic E-state index is 12.3. The summed E-state index contributed by atoms with van der Waals surface area (Å²) >= 11 is 12.0. The zero-order valence-corrected chi connectivity index (χ0v) is 15.6. The number of nitrogens with zero attached hydrogens (tertiary/aromatic N) is 1. The van der Waals surface area contributed by atoms with Crippen molar-refractivity contribution in [3.05, 3.63) is 88.0 Å². The van der Waals surface area contributed by atoms with Crippen molar-refractivity contribution in [1.82, 2.24) is 10.5 Å². The first-order valence-electron chi connectivity index (χ1n) is 8.28. The Morgan fingerprint density at radius 1 is 0.963 bits per heavy atom. The fraction of sp³-hybridized carbons (Fsp3) is 0.0476. The molecule has 6 heteroatoms. The highest BCUT2D eigenvalue weighted by atomic mass is 35.5. The van der Waals surface area contributed by atoms with Crippen molar-refractivity contribution in [2.24, 2.45) is 0 Å². The number of rotatable bonds is 4. The zero-order valence-electron chi connectivity index (χ0n) is 14.1. The lowest BCUT2D eigenvalue weighted by atomic mass is 10.1. The maximum absolute atomic E-state index is 12.3.